The molecule has 1 aliphatic heterocycles. The monoisotopic (exact) mass is 729 g/mol. The Morgan fingerprint density at radius 2 is 0.895 bits per heavy atom. The van der Waals surface area contributed by atoms with Crippen LogP contribution in [0.25, 0.3) is 66.4 Å². The summed E-state index contributed by atoms with van der Waals surface area (Å²) in [4.78, 5) is 2.40. The first-order chi connectivity index (χ1) is 28.0. The minimum Gasteiger partial charge on any atom is -0.453 e. The molecule has 0 radical (unpaired) electrons. The van der Waals surface area contributed by atoms with Gasteiger partial charge in [-0.1, -0.05) is 172 Å². The van der Waals surface area contributed by atoms with Crippen LogP contribution in [0.5, 0.6) is 11.5 Å². The van der Waals surface area contributed by atoms with Crippen molar-refractivity contribution in [3.63, 3.8) is 0 Å². The van der Waals surface area contributed by atoms with Crippen LogP contribution in [-0.2, 0) is 5.41 Å². The molecule has 9 aromatic rings. The average Bonchev–Trinajstić information content (AvgIpc) is 3.39. The van der Waals surface area contributed by atoms with E-state index in [-0.39, 0.29) is 5.41 Å². The lowest BCUT2D eigenvalue weighted by Crippen LogP contribution is -2.17. The molecule has 0 bridgehead atoms. The Morgan fingerprint density at radius 3 is 1.65 bits per heavy atom. The van der Waals surface area contributed by atoms with E-state index in [2.05, 4.69) is 219 Å². The number of rotatable bonds is 5. The minimum atomic E-state index is -0.160. The summed E-state index contributed by atoms with van der Waals surface area (Å²) in [5.41, 5.74) is 17.2. The molecule has 0 N–H and O–H groups in total. The van der Waals surface area contributed by atoms with E-state index in [9.17, 15) is 0 Å². The van der Waals surface area contributed by atoms with Gasteiger partial charge in [0.15, 0.2) is 5.75 Å². The summed E-state index contributed by atoms with van der Waals surface area (Å²) < 4.78 is 7.51. The van der Waals surface area contributed by atoms with E-state index in [1.807, 2.05) is 0 Å². The summed E-state index contributed by atoms with van der Waals surface area (Å²) in [6, 6.07) is 72.5. The molecule has 1 heterocycles. The number of para-hydroxylation sites is 2. The number of hydrogen-bond donors (Lipinski definition) is 0. The zero-order chi connectivity index (χ0) is 38.1. The topological polar surface area (TPSA) is 12.5 Å². The first kappa shape index (κ1) is 33.2. The van der Waals surface area contributed by atoms with Gasteiger partial charge in [0.2, 0.25) is 0 Å². The van der Waals surface area contributed by atoms with Gasteiger partial charge < -0.3 is 9.64 Å². The molecule has 0 atom stereocenters. The second kappa shape index (κ2) is 13.0. The van der Waals surface area contributed by atoms with Gasteiger partial charge in [0.05, 0.1) is 5.69 Å². The fourth-order valence-corrected chi connectivity index (χ4v) is 9.23. The fourth-order valence-electron chi connectivity index (χ4n) is 9.23. The maximum atomic E-state index is 7.51. The number of nitrogens with zero attached hydrogens (tertiary/aromatic N) is 1. The second-order valence-electron chi connectivity index (χ2n) is 15.7. The van der Waals surface area contributed by atoms with Crippen LogP contribution in [0, 0.1) is 0 Å². The summed E-state index contributed by atoms with van der Waals surface area (Å²) in [6.45, 7) is 4.70. The van der Waals surface area contributed by atoms with Gasteiger partial charge in [0.1, 0.15) is 5.75 Å². The molecule has 0 saturated heterocycles. The van der Waals surface area contributed by atoms with Crippen molar-refractivity contribution in [2.45, 2.75) is 19.3 Å². The molecule has 0 unspecified atom stereocenters. The highest BCUT2D eigenvalue weighted by Crippen LogP contribution is 2.56. The Bertz CT molecular complexity index is 3020. The van der Waals surface area contributed by atoms with Crippen molar-refractivity contribution in [2.24, 2.45) is 0 Å². The Hall–Kier alpha value is -7.16. The molecule has 2 aliphatic rings. The van der Waals surface area contributed by atoms with Crippen LogP contribution in [0.4, 0.5) is 17.1 Å². The summed E-state index contributed by atoms with van der Waals surface area (Å²) in [6.07, 6.45) is 0. The molecule has 9 aromatic carbocycles. The van der Waals surface area contributed by atoms with Crippen LogP contribution in [0.2, 0.25) is 0 Å². The molecule has 0 saturated carbocycles. The first-order valence-electron chi connectivity index (χ1n) is 19.8. The van der Waals surface area contributed by atoms with Gasteiger partial charge in [-0.15, -0.1) is 0 Å². The van der Waals surface area contributed by atoms with Gasteiger partial charge in [-0.05, 0) is 103 Å². The van der Waals surface area contributed by atoms with Crippen LogP contribution < -0.4 is 9.64 Å². The average molecular weight is 730 g/mol. The van der Waals surface area contributed by atoms with Crippen LogP contribution in [0.15, 0.2) is 200 Å². The van der Waals surface area contributed by atoms with E-state index in [1.54, 1.807) is 0 Å². The van der Waals surface area contributed by atoms with Gasteiger partial charge in [0.25, 0.3) is 0 Å². The molecule has 2 nitrogen and oxygen atoms in total. The molecular weight excluding hydrogens is 691 g/mol. The van der Waals surface area contributed by atoms with E-state index in [0.29, 0.717) is 0 Å². The molecule has 11 rings (SSSR count). The molecular formula is C55H39NO. The SMILES string of the molecule is CC1(C)c2ccccc2-c2ccc(N(c3cccc(-c4ccccc4)c3)c3cccc4c3Oc3c(-c5ccccc5)cccc3-c3cc5ccccc5cc3-4)cc21. The Morgan fingerprint density at radius 1 is 0.351 bits per heavy atom. The number of fused-ring (bicyclic) bond motifs is 9. The number of benzene rings is 9. The number of hydrogen-bond acceptors (Lipinski definition) is 2. The van der Waals surface area contributed by atoms with Crippen molar-refractivity contribution in [1.29, 1.82) is 0 Å². The highest BCUT2D eigenvalue weighted by molar-refractivity contribution is 6.03. The predicted molar refractivity (Wildman–Crippen MR) is 238 cm³/mol. The molecule has 0 spiro atoms. The van der Waals surface area contributed by atoms with Crippen molar-refractivity contribution in [1.82, 2.24) is 0 Å². The van der Waals surface area contributed by atoms with E-state index in [4.69, 9.17) is 4.74 Å². The minimum absolute atomic E-state index is 0.160. The zero-order valence-electron chi connectivity index (χ0n) is 31.9. The van der Waals surface area contributed by atoms with Crippen LogP contribution in [0.3, 0.4) is 0 Å². The van der Waals surface area contributed by atoms with Gasteiger partial charge in [-0.25, -0.2) is 0 Å². The van der Waals surface area contributed by atoms with Gasteiger partial charge in [-0.3, -0.25) is 0 Å². The summed E-state index contributed by atoms with van der Waals surface area (Å²) in [7, 11) is 0. The highest BCUT2D eigenvalue weighted by atomic mass is 16.5. The van der Waals surface area contributed by atoms with Crippen molar-refractivity contribution >= 4 is 27.8 Å². The van der Waals surface area contributed by atoms with Crippen molar-refractivity contribution < 1.29 is 4.74 Å². The van der Waals surface area contributed by atoms with Gasteiger partial charge in [0, 0.05) is 33.5 Å². The summed E-state index contributed by atoms with van der Waals surface area (Å²) in [5, 5.41) is 2.40. The third kappa shape index (κ3) is 5.33. The molecule has 2 heteroatoms. The molecule has 270 valence electrons. The van der Waals surface area contributed by atoms with E-state index in [1.165, 1.54) is 38.6 Å². The molecule has 0 amide bonds. The number of ether oxygens (including phenoxy) is 1. The smallest absolute Gasteiger partial charge is 0.159 e. The fraction of sp³-hybridized carbons (Fsp3) is 0.0545. The van der Waals surface area contributed by atoms with Crippen molar-refractivity contribution in [3.05, 3.63) is 211 Å². The lowest BCUT2D eigenvalue weighted by atomic mass is 9.82. The summed E-state index contributed by atoms with van der Waals surface area (Å²) >= 11 is 0. The van der Waals surface area contributed by atoms with E-state index in [0.717, 1.165) is 67.5 Å². The highest BCUT2D eigenvalue weighted by Gasteiger charge is 2.36. The van der Waals surface area contributed by atoms with Gasteiger partial charge >= 0.3 is 0 Å². The molecule has 57 heavy (non-hydrogen) atoms. The maximum Gasteiger partial charge on any atom is 0.159 e. The molecule has 0 aromatic heterocycles. The van der Waals surface area contributed by atoms with Crippen molar-refractivity contribution in [3.8, 4) is 67.1 Å². The van der Waals surface area contributed by atoms with E-state index < -0.39 is 0 Å². The molecule has 1 aliphatic carbocycles. The van der Waals surface area contributed by atoms with Gasteiger partial charge in [-0.2, -0.15) is 0 Å². The van der Waals surface area contributed by atoms with Crippen molar-refractivity contribution in [2.75, 3.05) is 4.90 Å². The summed E-state index contributed by atoms with van der Waals surface area (Å²) in [5.74, 6) is 1.68. The lowest BCUT2D eigenvalue weighted by molar-refractivity contribution is 0.490. The third-order valence-corrected chi connectivity index (χ3v) is 12.0. The van der Waals surface area contributed by atoms with Crippen LogP contribution in [-0.4, -0.2) is 0 Å². The quantitative estimate of drug-likeness (QED) is 0.175. The Balaban J connectivity index is 1.20. The first-order valence-corrected chi connectivity index (χ1v) is 19.8. The Kier molecular flexibility index (Phi) is 7.55. The largest absolute Gasteiger partial charge is 0.453 e. The van der Waals surface area contributed by atoms with Crippen LogP contribution >= 0.6 is 0 Å². The lowest BCUT2D eigenvalue weighted by Gasteiger charge is -2.30. The number of anilines is 3. The zero-order valence-corrected chi connectivity index (χ0v) is 31.9. The second-order valence-corrected chi connectivity index (χ2v) is 15.7. The third-order valence-electron chi connectivity index (χ3n) is 12.0. The normalized spacial score (nSPS) is 13.0. The van der Waals surface area contributed by atoms with Crippen LogP contribution in [0.1, 0.15) is 25.0 Å². The maximum absolute atomic E-state index is 7.51. The Labute approximate surface area is 333 Å². The standard InChI is InChI=1S/C55H39NO/c1-55(2)50-28-12-11-24-44(50)45-31-30-42(35-51(45)55)56(41-23-13-22-38(32-41)36-16-5-3-6-17-36)52-29-15-27-47-49-34-40-21-10-9-20-39(40)33-48(49)46-26-14-25-43(53(46)57-54(47)52)37-18-7-4-8-19-37/h3-35H,1-2H3. The molecule has 0 fully saturated rings. The van der Waals surface area contributed by atoms with E-state index >= 15 is 0 Å². The predicted octanol–water partition coefficient (Wildman–Crippen LogP) is 15.4.